The van der Waals surface area contributed by atoms with E-state index < -0.39 is 11.5 Å². The molecule has 1 saturated heterocycles. The van der Waals surface area contributed by atoms with Gasteiger partial charge in [0.2, 0.25) is 0 Å². The van der Waals surface area contributed by atoms with Crippen molar-refractivity contribution in [3.8, 4) is 5.75 Å². The number of carboxylic acid groups (broad SMARTS) is 1. The van der Waals surface area contributed by atoms with Crippen LogP contribution >= 0.6 is 11.8 Å². The van der Waals surface area contributed by atoms with Crippen LogP contribution in [0.3, 0.4) is 0 Å². The quantitative estimate of drug-likeness (QED) is 0.879. The molecule has 0 unspecified atom stereocenters. The third-order valence-corrected chi connectivity index (χ3v) is 4.93. The van der Waals surface area contributed by atoms with Gasteiger partial charge in [-0.1, -0.05) is 0 Å². The van der Waals surface area contributed by atoms with Gasteiger partial charge in [0, 0.05) is 17.7 Å². The van der Waals surface area contributed by atoms with Crippen LogP contribution in [0.4, 0.5) is 0 Å². The smallest absolute Gasteiger partial charge is 0.330 e. The van der Waals surface area contributed by atoms with Crippen molar-refractivity contribution in [2.75, 3.05) is 18.1 Å². The second-order valence-electron chi connectivity index (χ2n) is 5.06. The fraction of sp³-hybridized carbons (Fsp3) is 0.429. The van der Waals surface area contributed by atoms with Crippen molar-refractivity contribution < 1.29 is 19.4 Å². The van der Waals surface area contributed by atoms with Crippen LogP contribution in [-0.2, 0) is 11.2 Å². The highest BCUT2D eigenvalue weighted by molar-refractivity contribution is 7.99. The van der Waals surface area contributed by atoms with Gasteiger partial charge in [0.25, 0.3) is 5.91 Å². The molecule has 0 aliphatic carbocycles. The van der Waals surface area contributed by atoms with Crippen LogP contribution in [-0.4, -0.2) is 40.6 Å². The molecule has 0 bridgehead atoms. The molecule has 2 aliphatic rings. The first-order chi connectivity index (χ1) is 9.61. The molecule has 2 N–H and O–H groups in total. The summed E-state index contributed by atoms with van der Waals surface area (Å²) in [6, 6.07) is 5.24. The van der Waals surface area contributed by atoms with Gasteiger partial charge in [-0.05, 0) is 35.9 Å². The number of benzene rings is 1. The number of aliphatic carboxylic acids is 1. The fourth-order valence-corrected chi connectivity index (χ4v) is 3.83. The number of hydrogen-bond donors (Lipinski definition) is 2. The zero-order chi connectivity index (χ0) is 14.2. The maximum Gasteiger partial charge on any atom is 0.330 e. The molecule has 1 aromatic carbocycles. The van der Waals surface area contributed by atoms with Crippen LogP contribution in [0.5, 0.6) is 5.75 Å². The lowest BCUT2D eigenvalue weighted by Crippen LogP contribution is -2.54. The first-order valence-corrected chi connectivity index (χ1v) is 7.66. The summed E-state index contributed by atoms with van der Waals surface area (Å²) in [5.41, 5.74) is 0.367. The molecule has 2 heterocycles. The topological polar surface area (TPSA) is 75.6 Å². The van der Waals surface area contributed by atoms with E-state index in [0.717, 1.165) is 23.5 Å². The Morgan fingerprint density at radius 1 is 1.40 bits per heavy atom. The number of thioether (sulfide) groups is 1. The Labute approximate surface area is 120 Å². The zero-order valence-corrected chi connectivity index (χ0v) is 11.7. The summed E-state index contributed by atoms with van der Waals surface area (Å²) in [5.74, 6) is 0.697. The molecule has 20 heavy (non-hydrogen) atoms. The van der Waals surface area contributed by atoms with E-state index in [9.17, 15) is 14.7 Å². The van der Waals surface area contributed by atoms with Gasteiger partial charge in [0.15, 0.2) is 0 Å². The van der Waals surface area contributed by atoms with Crippen LogP contribution in [0, 0.1) is 0 Å². The summed E-state index contributed by atoms with van der Waals surface area (Å²) < 4.78 is 5.40. The lowest BCUT2D eigenvalue weighted by molar-refractivity contribution is -0.143. The summed E-state index contributed by atoms with van der Waals surface area (Å²) >= 11 is 1.55. The summed E-state index contributed by atoms with van der Waals surface area (Å²) in [6.07, 6.45) is 1.25. The number of fused-ring (bicyclic) bond motifs is 1. The second kappa shape index (κ2) is 5.01. The molecule has 106 valence electrons. The van der Waals surface area contributed by atoms with Gasteiger partial charge in [-0.2, -0.15) is 11.8 Å². The van der Waals surface area contributed by atoms with E-state index in [1.807, 2.05) is 0 Å². The van der Waals surface area contributed by atoms with Gasteiger partial charge in [0.1, 0.15) is 11.3 Å². The highest BCUT2D eigenvalue weighted by atomic mass is 32.2. The van der Waals surface area contributed by atoms with Gasteiger partial charge >= 0.3 is 5.97 Å². The minimum atomic E-state index is -1.13. The van der Waals surface area contributed by atoms with E-state index in [2.05, 4.69) is 5.32 Å². The van der Waals surface area contributed by atoms with E-state index in [1.54, 1.807) is 30.0 Å². The highest BCUT2D eigenvalue weighted by Crippen LogP contribution is 2.30. The Morgan fingerprint density at radius 3 is 2.95 bits per heavy atom. The minimum Gasteiger partial charge on any atom is -0.493 e. The van der Waals surface area contributed by atoms with Crippen LogP contribution in [0.25, 0.3) is 0 Å². The maximum atomic E-state index is 12.3. The molecule has 1 aromatic rings. The van der Waals surface area contributed by atoms with Crippen LogP contribution in [0.1, 0.15) is 22.3 Å². The number of ether oxygens (including phenoxy) is 1. The summed E-state index contributed by atoms with van der Waals surface area (Å²) in [4.78, 5) is 23.7. The van der Waals surface area contributed by atoms with Gasteiger partial charge in [-0.3, -0.25) is 4.79 Å². The fourth-order valence-electron chi connectivity index (χ4n) is 2.50. The van der Waals surface area contributed by atoms with Crippen molar-refractivity contribution >= 4 is 23.6 Å². The lowest BCUT2D eigenvalue weighted by atomic mass is 9.98. The van der Waals surface area contributed by atoms with E-state index in [0.29, 0.717) is 24.3 Å². The van der Waals surface area contributed by atoms with Crippen LogP contribution in [0.15, 0.2) is 18.2 Å². The average molecular weight is 293 g/mol. The lowest BCUT2D eigenvalue weighted by Gasteiger charge is -2.24. The summed E-state index contributed by atoms with van der Waals surface area (Å²) in [5, 5.41) is 12.1. The molecular formula is C14H15NO4S. The average Bonchev–Trinajstić information content (AvgIpc) is 3.06. The number of amides is 1. The number of rotatable bonds is 3. The largest absolute Gasteiger partial charge is 0.493 e. The first-order valence-electron chi connectivity index (χ1n) is 6.50. The predicted molar refractivity (Wildman–Crippen MR) is 75.4 cm³/mol. The van der Waals surface area contributed by atoms with E-state index in [1.165, 1.54) is 0 Å². The van der Waals surface area contributed by atoms with Crippen molar-refractivity contribution in [1.29, 1.82) is 0 Å². The second-order valence-corrected chi connectivity index (χ2v) is 6.17. The normalized spacial score (nSPS) is 24.0. The van der Waals surface area contributed by atoms with E-state index >= 15 is 0 Å². The van der Waals surface area contributed by atoms with E-state index in [4.69, 9.17) is 4.74 Å². The number of carbonyl (C=O) groups is 2. The molecule has 3 rings (SSSR count). The van der Waals surface area contributed by atoms with Gasteiger partial charge in [-0.25, -0.2) is 4.79 Å². The molecule has 1 atom stereocenters. The standard InChI is InChI=1S/C14H15NO4S/c16-12(15-14(13(17)18)4-6-20-8-14)10-1-2-11-9(7-10)3-5-19-11/h1-2,7H,3-6,8H2,(H,15,16)(H,17,18)/t14-/m1/s1. The Hall–Kier alpha value is -1.69. The molecule has 1 fully saturated rings. The SMILES string of the molecule is O=C(N[C@]1(C(=O)O)CCSC1)c1ccc2c(c1)CCO2. The number of hydrogen-bond acceptors (Lipinski definition) is 4. The minimum absolute atomic E-state index is 0.329. The third-order valence-electron chi connectivity index (χ3n) is 3.74. The number of nitrogens with one attached hydrogen (secondary N) is 1. The molecule has 0 saturated carbocycles. The monoisotopic (exact) mass is 293 g/mol. The van der Waals surface area contributed by atoms with Crippen LogP contribution in [0.2, 0.25) is 0 Å². The zero-order valence-electron chi connectivity index (χ0n) is 10.8. The predicted octanol–water partition coefficient (Wildman–Crippen LogP) is 1.31. The molecule has 5 nitrogen and oxygen atoms in total. The first kappa shape index (κ1) is 13.3. The Bertz CT molecular complexity index is 566. The molecule has 0 aromatic heterocycles. The van der Waals surface area contributed by atoms with Gasteiger partial charge < -0.3 is 15.2 Å². The van der Waals surface area contributed by atoms with Crippen molar-refractivity contribution in [2.45, 2.75) is 18.4 Å². The molecule has 0 radical (unpaired) electrons. The molecule has 2 aliphatic heterocycles. The van der Waals surface area contributed by atoms with Gasteiger partial charge in [0.05, 0.1) is 6.61 Å². The molecular weight excluding hydrogens is 278 g/mol. The van der Waals surface area contributed by atoms with Crippen LogP contribution < -0.4 is 10.1 Å². The number of carboxylic acids is 1. The van der Waals surface area contributed by atoms with Gasteiger partial charge in [-0.15, -0.1) is 0 Å². The Morgan fingerprint density at radius 2 is 2.25 bits per heavy atom. The molecule has 1 amide bonds. The van der Waals surface area contributed by atoms with Crippen molar-refractivity contribution in [3.63, 3.8) is 0 Å². The number of carbonyl (C=O) groups excluding carboxylic acids is 1. The molecule has 0 spiro atoms. The Kier molecular flexibility index (Phi) is 3.33. The van der Waals surface area contributed by atoms with Crippen molar-refractivity contribution in [1.82, 2.24) is 5.32 Å². The third kappa shape index (κ3) is 2.24. The maximum absolute atomic E-state index is 12.3. The van der Waals surface area contributed by atoms with E-state index in [-0.39, 0.29) is 5.91 Å². The highest BCUT2D eigenvalue weighted by Gasteiger charge is 2.43. The summed E-state index contributed by atoms with van der Waals surface area (Å²) in [7, 11) is 0. The van der Waals surface area contributed by atoms with Crippen molar-refractivity contribution in [3.05, 3.63) is 29.3 Å². The molecule has 6 heteroatoms. The Balaban J connectivity index is 1.80. The summed E-state index contributed by atoms with van der Waals surface area (Å²) in [6.45, 7) is 0.635. The van der Waals surface area contributed by atoms with Crippen molar-refractivity contribution in [2.24, 2.45) is 0 Å².